The summed E-state index contributed by atoms with van der Waals surface area (Å²) in [5.41, 5.74) is 0. The maximum absolute atomic E-state index is 11.0. The monoisotopic (exact) mass is 202 g/mol. The van der Waals surface area contributed by atoms with Crippen LogP contribution in [-0.2, 0) is 14.3 Å². The third-order valence-electron chi connectivity index (χ3n) is 1.19. The Kier molecular flexibility index (Phi) is 6.29. The summed E-state index contributed by atoms with van der Waals surface area (Å²) in [6, 6.07) is 0. The van der Waals surface area contributed by atoms with Gasteiger partial charge < -0.3 is 0 Å². The van der Waals surface area contributed by atoms with Gasteiger partial charge in [-0.3, -0.25) is 4.18 Å². The molecule has 0 aromatic heterocycles. The Morgan fingerprint density at radius 1 is 1.46 bits per heavy atom. The van der Waals surface area contributed by atoms with Crippen LogP contribution in [0.3, 0.4) is 0 Å². The van der Waals surface area contributed by atoms with Crippen molar-refractivity contribution in [3.63, 3.8) is 0 Å². The first kappa shape index (κ1) is 12.2. The molecule has 0 fully saturated rings. The highest BCUT2D eigenvalue weighted by atomic mass is 32.2. The number of unbranched alkanes of at least 4 members (excludes halogenated alkanes) is 1. The molecule has 0 saturated heterocycles. The van der Waals surface area contributed by atoms with Gasteiger partial charge in [0.2, 0.25) is 0 Å². The summed E-state index contributed by atoms with van der Waals surface area (Å²) < 4.78 is 26.5. The molecule has 0 heterocycles. The van der Waals surface area contributed by atoms with Gasteiger partial charge in [-0.2, -0.15) is 8.42 Å². The van der Waals surface area contributed by atoms with E-state index in [9.17, 15) is 8.42 Å². The summed E-state index contributed by atoms with van der Waals surface area (Å²) in [6.45, 7) is 3.53. The molecule has 0 rings (SSSR count). The Hall–Kier alpha value is -0.790. The molecule has 3 nitrogen and oxygen atoms in total. The normalized spacial score (nSPS) is 11.2. The van der Waals surface area contributed by atoms with E-state index in [1.165, 1.54) is 0 Å². The zero-order valence-corrected chi connectivity index (χ0v) is 8.73. The molecule has 0 amide bonds. The van der Waals surface area contributed by atoms with Crippen molar-refractivity contribution in [3.05, 3.63) is 11.5 Å². The van der Waals surface area contributed by atoms with E-state index >= 15 is 0 Å². The zero-order valence-electron chi connectivity index (χ0n) is 7.91. The molecule has 0 bridgehead atoms. The predicted molar refractivity (Wildman–Crippen MR) is 52.4 cm³/mol. The lowest BCUT2D eigenvalue weighted by atomic mass is 10.3. The van der Waals surface area contributed by atoms with E-state index in [2.05, 4.69) is 16.0 Å². The van der Waals surface area contributed by atoms with Crippen molar-refractivity contribution in [2.45, 2.75) is 26.7 Å². The molecule has 0 aliphatic rings. The third kappa shape index (κ3) is 7.57. The van der Waals surface area contributed by atoms with Crippen LogP contribution in [0.4, 0.5) is 0 Å². The molecule has 0 aliphatic heterocycles. The summed E-state index contributed by atoms with van der Waals surface area (Å²) in [7, 11) is -3.51. The van der Waals surface area contributed by atoms with Gasteiger partial charge in [0.25, 0.3) is 10.1 Å². The number of hydrogen-bond acceptors (Lipinski definition) is 3. The van der Waals surface area contributed by atoms with E-state index in [1.54, 1.807) is 13.0 Å². The van der Waals surface area contributed by atoms with Gasteiger partial charge in [0.1, 0.15) is 6.61 Å². The van der Waals surface area contributed by atoms with Crippen molar-refractivity contribution in [2.75, 3.05) is 6.61 Å². The van der Waals surface area contributed by atoms with Gasteiger partial charge in [-0.1, -0.05) is 25.3 Å². The van der Waals surface area contributed by atoms with E-state index < -0.39 is 10.1 Å². The Balaban J connectivity index is 3.99. The summed E-state index contributed by atoms with van der Waals surface area (Å²) >= 11 is 0. The van der Waals surface area contributed by atoms with E-state index in [0.717, 1.165) is 18.2 Å². The highest BCUT2D eigenvalue weighted by molar-refractivity contribution is 7.89. The maximum Gasteiger partial charge on any atom is 0.290 e. The summed E-state index contributed by atoms with van der Waals surface area (Å²) in [4.78, 5) is 0. The molecule has 74 valence electrons. The van der Waals surface area contributed by atoms with Crippen LogP contribution in [0.5, 0.6) is 0 Å². The molecule has 13 heavy (non-hydrogen) atoms. The van der Waals surface area contributed by atoms with Gasteiger partial charge in [0.05, 0.1) is 5.41 Å². The van der Waals surface area contributed by atoms with E-state index in [1.807, 2.05) is 6.92 Å². The topological polar surface area (TPSA) is 43.4 Å². The van der Waals surface area contributed by atoms with Gasteiger partial charge in [-0.05, 0) is 13.3 Å². The fraction of sp³-hybridized carbons (Fsp3) is 0.556. The summed E-state index contributed by atoms with van der Waals surface area (Å²) in [6.07, 6.45) is 3.23. The molecule has 0 spiro atoms. The molecular weight excluding hydrogens is 188 g/mol. The van der Waals surface area contributed by atoms with Crippen LogP contribution < -0.4 is 0 Å². The van der Waals surface area contributed by atoms with Gasteiger partial charge >= 0.3 is 0 Å². The number of hydrogen-bond donors (Lipinski definition) is 0. The van der Waals surface area contributed by atoms with Gasteiger partial charge in [0, 0.05) is 0 Å². The lowest BCUT2D eigenvalue weighted by Crippen LogP contribution is -2.01. The Morgan fingerprint density at radius 3 is 2.69 bits per heavy atom. The maximum atomic E-state index is 11.0. The van der Waals surface area contributed by atoms with Crippen molar-refractivity contribution in [2.24, 2.45) is 0 Å². The number of rotatable bonds is 5. The largest absolute Gasteiger partial charge is 0.290 e. The van der Waals surface area contributed by atoms with Crippen molar-refractivity contribution in [3.8, 4) is 11.8 Å². The van der Waals surface area contributed by atoms with Crippen LogP contribution in [0.25, 0.3) is 0 Å². The minimum atomic E-state index is -3.51. The molecule has 4 heteroatoms. The first-order chi connectivity index (χ1) is 6.12. The van der Waals surface area contributed by atoms with Crippen LogP contribution >= 0.6 is 0 Å². The average Bonchev–Trinajstić information content (AvgIpc) is 2.05. The minimum Gasteiger partial charge on any atom is -0.254 e. The summed E-state index contributed by atoms with van der Waals surface area (Å²) in [5.74, 6) is 5.05. The van der Waals surface area contributed by atoms with Crippen LogP contribution in [0.1, 0.15) is 26.7 Å². The van der Waals surface area contributed by atoms with Crippen LogP contribution in [0.15, 0.2) is 11.5 Å². The molecule has 0 aliphatic carbocycles. The Morgan fingerprint density at radius 2 is 2.15 bits per heavy atom. The molecular formula is C9H14O3S. The van der Waals surface area contributed by atoms with Gasteiger partial charge in [-0.15, -0.1) is 5.92 Å². The smallest absolute Gasteiger partial charge is 0.254 e. The Labute approximate surface area is 79.9 Å². The molecule has 0 N–H and O–H groups in total. The van der Waals surface area contributed by atoms with Crippen molar-refractivity contribution in [1.29, 1.82) is 0 Å². The predicted octanol–water partition coefficient (Wildman–Crippen LogP) is 1.67. The standard InChI is InChI=1S/C9H14O3S/c1-3-5-7-9-13(10,11)12-8-6-4-2/h7,9H,3,5,8H2,1-2H3/b9-7+. The molecule has 0 atom stereocenters. The highest BCUT2D eigenvalue weighted by Crippen LogP contribution is 1.97. The second-order valence-corrected chi connectivity index (χ2v) is 3.84. The average molecular weight is 202 g/mol. The van der Waals surface area contributed by atoms with Crippen LogP contribution in [0.2, 0.25) is 0 Å². The van der Waals surface area contributed by atoms with Crippen LogP contribution in [0, 0.1) is 11.8 Å². The molecule has 0 saturated carbocycles. The second kappa shape index (κ2) is 6.70. The lowest BCUT2D eigenvalue weighted by molar-refractivity contribution is 0.370. The van der Waals surface area contributed by atoms with E-state index in [-0.39, 0.29) is 6.61 Å². The Bertz CT molecular complexity index is 303. The van der Waals surface area contributed by atoms with Crippen molar-refractivity contribution < 1.29 is 12.6 Å². The SMILES string of the molecule is CC#CCOS(=O)(=O)/C=C/CCC. The molecule has 0 radical (unpaired) electrons. The van der Waals surface area contributed by atoms with E-state index in [4.69, 9.17) is 0 Å². The zero-order chi connectivity index (χ0) is 10.2. The third-order valence-corrected chi connectivity index (χ3v) is 2.16. The lowest BCUT2D eigenvalue weighted by Gasteiger charge is -1.94. The highest BCUT2D eigenvalue weighted by Gasteiger charge is 2.02. The van der Waals surface area contributed by atoms with Crippen molar-refractivity contribution in [1.82, 2.24) is 0 Å². The molecule has 0 unspecified atom stereocenters. The van der Waals surface area contributed by atoms with Gasteiger partial charge in [-0.25, -0.2) is 0 Å². The van der Waals surface area contributed by atoms with Crippen molar-refractivity contribution >= 4 is 10.1 Å². The number of allylic oxidation sites excluding steroid dienone is 1. The summed E-state index contributed by atoms with van der Waals surface area (Å²) in [5, 5.41) is 1.08. The van der Waals surface area contributed by atoms with Crippen LogP contribution in [-0.4, -0.2) is 15.0 Å². The quantitative estimate of drug-likeness (QED) is 0.503. The fourth-order valence-electron chi connectivity index (χ4n) is 0.576. The molecule has 0 aromatic rings. The molecule has 0 aromatic carbocycles. The van der Waals surface area contributed by atoms with Gasteiger partial charge in [0.15, 0.2) is 0 Å². The fourth-order valence-corrected chi connectivity index (χ4v) is 1.25. The second-order valence-electron chi connectivity index (χ2n) is 2.34. The first-order valence-electron chi connectivity index (χ1n) is 4.08. The minimum absolute atomic E-state index is 0.0741. The van der Waals surface area contributed by atoms with E-state index in [0.29, 0.717) is 0 Å². The first-order valence-corrected chi connectivity index (χ1v) is 5.55.